The quantitative estimate of drug-likeness (QED) is 0.232. The van der Waals surface area contributed by atoms with Crippen molar-refractivity contribution in [2.75, 3.05) is 0 Å². The molecule has 154 valence electrons. The second-order valence-electron chi connectivity index (χ2n) is 8.70. The highest BCUT2D eigenvalue weighted by atomic mass is 28.3. The Hall–Kier alpha value is -3.55. The van der Waals surface area contributed by atoms with Crippen molar-refractivity contribution < 1.29 is 4.79 Å². The zero-order chi connectivity index (χ0) is 21.8. The van der Waals surface area contributed by atoms with E-state index in [4.69, 9.17) is 0 Å². The molecule has 2 heterocycles. The molecule has 0 aliphatic rings. The van der Waals surface area contributed by atoms with E-state index < -0.39 is 8.07 Å². The van der Waals surface area contributed by atoms with Gasteiger partial charge in [0.15, 0.2) is 0 Å². The van der Waals surface area contributed by atoms with Gasteiger partial charge in [0.1, 0.15) is 8.07 Å². The van der Waals surface area contributed by atoms with E-state index in [2.05, 4.69) is 59.3 Å². The highest BCUT2D eigenvalue weighted by Crippen LogP contribution is 2.30. The van der Waals surface area contributed by atoms with Crippen molar-refractivity contribution in [2.24, 2.45) is 0 Å². The van der Waals surface area contributed by atoms with Gasteiger partial charge in [-0.25, -0.2) is 0 Å². The minimum Gasteiger partial charge on any atom is -0.364 e. The van der Waals surface area contributed by atoms with E-state index in [1.54, 1.807) is 0 Å². The molecule has 0 radical (unpaired) electrons. The van der Waals surface area contributed by atoms with E-state index in [0.29, 0.717) is 11.3 Å². The smallest absolute Gasteiger partial charge is 0.209 e. The third kappa shape index (κ3) is 4.96. The van der Waals surface area contributed by atoms with Gasteiger partial charge >= 0.3 is 0 Å². The normalized spacial score (nSPS) is 12.1. The van der Waals surface area contributed by atoms with Gasteiger partial charge < -0.3 is 9.97 Å². The number of ketones is 1. The Morgan fingerprint density at radius 2 is 1.58 bits per heavy atom. The summed E-state index contributed by atoms with van der Waals surface area (Å²) in [6.07, 6.45) is 1.92. The van der Waals surface area contributed by atoms with Crippen molar-refractivity contribution in [2.45, 2.75) is 25.6 Å². The molecule has 4 rings (SSSR count). The number of rotatable bonds is 5. The van der Waals surface area contributed by atoms with E-state index in [0.717, 1.165) is 22.5 Å². The predicted octanol–water partition coefficient (Wildman–Crippen LogP) is 5.98. The number of hydrogen-bond acceptors (Lipinski definition) is 1. The molecule has 3 nitrogen and oxygen atoms in total. The first kappa shape index (κ1) is 20.7. The van der Waals surface area contributed by atoms with Gasteiger partial charge in [0, 0.05) is 28.7 Å². The van der Waals surface area contributed by atoms with E-state index in [1.165, 1.54) is 0 Å². The minimum absolute atomic E-state index is 0.0111. The minimum atomic E-state index is -1.42. The standard InChI is InChI=1S/C27H26N2OSi/c1-31(2,3)19-17-20-11-13-22(14-12-20)27(30)25-16-15-24(29-25)26(23-10-7-18-28-23)21-8-5-4-6-9-21/h4-16,18,26,28-29H,1-3H3. The molecule has 0 aliphatic heterocycles. The number of aromatic nitrogens is 2. The molecule has 0 spiro atoms. The van der Waals surface area contributed by atoms with Crippen molar-refractivity contribution >= 4 is 13.9 Å². The van der Waals surface area contributed by atoms with Gasteiger partial charge in [0.05, 0.1) is 11.6 Å². The summed E-state index contributed by atoms with van der Waals surface area (Å²) in [4.78, 5) is 19.7. The second kappa shape index (κ2) is 8.67. The topological polar surface area (TPSA) is 48.6 Å². The number of benzene rings is 2. The lowest BCUT2D eigenvalue weighted by Gasteiger charge is -2.15. The second-order valence-corrected chi connectivity index (χ2v) is 13.5. The summed E-state index contributed by atoms with van der Waals surface area (Å²) in [5.74, 6) is 3.22. The van der Waals surface area contributed by atoms with Crippen LogP contribution < -0.4 is 0 Å². The summed E-state index contributed by atoms with van der Waals surface area (Å²) >= 11 is 0. The van der Waals surface area contributed by atoms with Gasteiger partial charge in [-0.2, -0.15) is 0 Å². The zero-order valence-corrected chi connectivity index (χ0v) is 19.1. The summed E-state index contributed by atoms with van der Waals surface area (Å²) in [5, 5.41) is 0. The molecule has 1 atom stereocenters. The van der Waals surface area contributed by atoms with Crippen LogP contribution >= 0.6 is 0 Å². The van der Waals surface area contributed by atoms with E-state index in [9.17, 15) is 4.79 Å². The average Bonchev–Trinajstić information content (AvgIpc) is 3.46. The number of carbonyl (C=O) groups is 1. The molecule has 4 heteroatoms. The monoisotopic (exact) mass is 422 g/mol. The number of H-pyrrole nitrogens is 2. The third-order valence-corrected chi connectivity index (χ3v) is 5.93. The Bertz CT molecular complexity index is 1220. The van der Waals surface area contributed by atoms with Crippen LogP contribution in [0.2, 0.25) is 19.6 Å². The molecule has 2 aromatic heterocycles. The van der Waals surface area contributed by atoms with Crippen molar-refractivity contribution in [1.29, 1.82) is 0 Å². The first-order valence-corrected chi connectivity index (χ1v) is 14.0. The van der Waals surface area contributed by atoms with Crippen LogP contribution in [0.15, 0.2) is 85.1 Å². The van der Waals surface area contributed by atoms with Crippen LogP contribution in [0.1, 0.15) is 44.5 Å². The Kier molecular flexibility index (Phi) is 5.79. The highest BCUT2D eigenvalue weighted by molar-refractivity contribution is 6.83. The van der Waals surface area contributed by atoms with Crippen LogP contribution in [-0.4, -0.2) is 23.8 Å². The zero-order valence-electron chi connectivity index (χ0n) is 18.1. The average molecular weight is 423 g/mol. The summed E-state index contributed by atoms with van der Waals surface area (Å²) < 4.78 is 0. The van der Waals surface area contributed by atoms with Gasteiger partial charge in [0.2, 0.25) is 5.78 Å². The molecule has 0 fully saturated rings. The van der Waals surface area contributed by atoms with Crippen LogP contribution in [-0.2, 0) is 0 Å². The lowest BCUT2D eigenvalue weighted by atomic mass is 9.93. The molecule has 0 amide bonds. The Labute approximate surface area is 184 Å². The molecule has 0 saturated heterocycles. The van der Waals surface area contributed by atoms with Crippen molar-refractivity contribution in [1.82, 2.24) is 9.97 Å². The van der Waals surface area contributed by atoms with Crippen LogP contribution in [0.3, 0.4) is 0 Å². The fourth-order valence-corrected chi connectivity index (χ4v) is 4.05. The maximum atomic E-state index is 13.1. The first-order valence-electron chi connectivity index (χ1n) is 10.5. The Balaban J connectivity index is 1.60. The summed E-state index contributed by atoms with van der Waals surface area (Å²) in [5.41, 5.74) is 8.77. The Morgan fingerprint density at radius 1 is 0.839 bits per heavy atom. The SMILES string of the molecule is C[Si](C)(C)C#Cc1ccc(C(=O)c2ccc(C(c3ccccc3)c3ccc[nH]3)[nH]2)cc1. The van der Waals surface area contributed by atoms with Gasteiger partial charge in [-0.15, -0.1) is 5.54 Å². The lowest BCUT2D eigenvalue weighted by Crippen LogP contribution is -2.16. The first-order chi connectivity index (χ1) is 14.9. The summed E-state index contributed by atoms with van der Waals surface area (Å²) in [6.45, 7) is 6.66. The van der Waals surface area contributed by atoms with Crippen LogP contribution in [0.4, 0.5) is 0 Å². The van der Waals surface area contributed by atoms with Gasteiger partial charge in [0.25, 0.3) is 0 Å². The number of nitrogens with one attached hydrogen (secondary N) is 2. The van der Waals surface area contributed by atoms with Gasteiger partial charge in [-0.3, -0.25) is 4.79 Å². The molecule has 0 saturated carbocycles. The highest BCUT2D eigenvalue weighted by Gasteiger charge is 2.21. The third-order valence-electron chi connectivity index (χ3n) is 5.06. The van der Waals surface area contributed by atoms with E-state index in [1.807, 2.05) is 66.9 Å². The Morgan fingerprint density at radius 3 is 2.23 bits per heavy atom. The van der Waals surface area contributed by atoms with Crippen LogP contribution in [0.5, 0.6) is 0 Å². The summed E-state index contributed by atoms with van der Waals surface area (Å²) in [6, 6.07) is 25.8. The molecule has 4 aromatic rings. The maximum Gasteiger partial charge on any atom is 0.209 e. The predicted molar refractivity (Wildman–Crippen MR) is 129 cm³/mol. The molecule has 2 aromatic carbocycles. The van der Waals surface area contributed by atoms with Gasteiger partial charge in [-0.05, 0) is 54.1 Å². The lowest BCUT2D eigenvalue weighted by molar-refractivity contribution is 0.103. The van der Waals surface area contributed by atoms with E-state index in [-0.39, 0.29) is 11.7 Å². The fourth-order valence-electron chi connectivity index (χ4n) is 3.53. The molecule has 31 heavy (non-hydrogen) atoms. The maximum absolute atomic E-state index is 13.1. The molecule has 0 bridgehead atoms. The molecular weight excluding hydrogens is 396 g/mol. The number of carbonyl (C=O) groups excluding carboxylic acids is 1. The molecular formula is C27H26N2OSi. The summed E-state index contributed by atoms with van der Waals surface area (Å²) in [7, 11) is -1.42. The number of hydrogen-bond donors (Lipinski definition) is 2. The van der Waals surface area contributed by atoms with Crippen LogP contribution in [0.25, 0.3) is 0 Å². The van der Waals surface area contributed by atoms with Crippen molar-refractivity contribution in [3.05, 3.63) is 119 Å². The van der Waals surface area contributed by atoms with Crippen molar-refractivity contribution in [3.63, 3.8) is 0 Å². The van der Waals surface area contributed by atoms with E-state index >= 15 is 0 Å². The van der Waals surface area contributed by atoms with Crippen molar-refractivity contribution in [3.8, 4) is 11.5 Å². The molecule has 1 unspecified atom stereocenters. The number of aromatic amines is 2. The van der Waals surface area contributed by atoms with Gasteiger partial charge in [-0.1, -0.05) is 55.9 Å². The molecule has 2 N–H and O–H groups in total. The fraction of sp³-hybridized carbons (Fsp3) is 0.148. The molecule has 0 aliphatic carbocycles. The largest absolute Gasteiger partial charge is 0.364 e. The van der Waals surface area contributed by atoms with Crippen LogP contribution in [0, 0.1) is 11.5 Å².